The van der Waals surface area contributed by atoms with Crippen molar-refractivity contribution < 1.29 is 9.53 Å². The van der Waals surface area contributed by atoms with Crippen molar-refractivity contribution in [3.05, 3.63) is 47.8 Å². The molecule has 0 radical (unpaired) electrons. The van der Waals surface area contributed by atoms with E-state index in [-0.39, 0.29) is 5.91 Å². The maximum Gasteiger partial charge on any atom is 0.255 e. The summed E-state index contributed by atoms with van der Waals surface area (Å²) in [5.41, 5.74) is 5.85. The summed E-state index contributed by atoms with van der Waals surface area (Å²) in [5, 5.41) is 2.85. The van der Waals surface area contributed by atoms with Gasteiger partial charge >= 0.3 is 0 Å². The van der Waals surface area contributed by atoms with Crippen LogP contribution >= 0.6 is 0 Å². The third-order valence-corrected chi connectivity index (χ3v) is 4.22. The second kappa shape index (κ2) is 5.12. The van der Waals surface area contributed by atoms with Gasteiger partial charge in [0.2, 0.25) is 0 Å². The quantitative estimate of drug-likeness (QED) is 0.752. The monoisotopic (exact) mass is 307 g/mol. The number of nitrogens with zero attached hydrogens (tertiary/aromatic N) is 2. The summed E-state index contributed by atoms with van der Waals surface area (Å²) in [5.74, 6) is 0.555. The number of amides is 1. The van der Waals surface area contributed by atoms with Gasteiger partial charge < -0.3 is 14.6 Å². The minimum Gasteiger partial charge on any atom is -0.491 e. The molecule has 3 aromatic rings. The van der Waals surface area contributed by atoms with Gasteiger partial charge in [-0.15, -0.1) is 0 Å². The molecule has 0 spiro atoms. The number of imidazole rings is 1. The number of hydrogen-bond donors (Lipinski definition) is 1. The standard InChI is InChI=1S/C18H17N3O2/c1-11-7-13(9-15-17(11)20-10-21(15)2)12-3-4-16-14(8-12)18(22)19-5-6-23-16/h3-4,7-10H,5-6H2,1-2H3,(H,19,22). The highest BCUT2D eigenvalue weighted by Crippen LogP contribution is 2.30. The molecule has 2 heterocycles. The van der Waals surface area contributed by atoms with Gasteiger partial charge in [0.25, 0.3) is 5.91 Å². The van der Waals surface area contributed by atoms with E-state index in [0.29, 0.717) is 24.5 Å². The first-order chi connectivity index (χ1) is 11.1. The Morgan fingerprint density at radius 1 is 1.22 bits per heavy atom. The third kappa shape index (κ3) is 2.25. The van der Waals surface area contributed by atoms with E-state index in [4.69, 9.17) is 4.74 Å². The van der Waals surface area contributed by atoms with Crippen LogP contribution in [0.3, 0.4) is 0 Å². The highest BCUT2D eigenvalue weighted by Gasteiger charge is 2.17. The Balaban J connectivity index is 1.88. The molecule has 0 saturated heterocycles. The van der Waals surface area contributed by atoms with E-state index in [1.54, 1.807) is 0 Å². The van der Waals surface area contributed by atoms with Crippen molar-refractivity contribution in [2.45, 2.75) is 6.92 Å². The molecular weight excluding hydrogens is 290 g/mol. The van der Waals surface area contributed by atoms with Crippen LogP contribution in [0, 0.1) is 6.92 Å². The lowest BCUT2D eigenvalue weighted by Crippen LogP contribution is -2.24. The molecule has 4 rings (SSSR count). The van der Waals surface area contributed by atoms with Gasteiger partial charge in [0.1, 0.15) is 12.4 Å². The van der Waals surface area contributed by atoms with Gasteiger partial charge in [-0.3, -0.25) is 4.79 Å². The summed E-state index contributed by atoms with van der Waals surface area (Å²) in [6.45, 7) is 3.08. The number of hydrogen-bond acceptors (Lipinski definition) is 3. The van der Waals surface area contributed by atoms with E-state index in [2.05, 4.69) is 29.4 Å². The third-order valence-electron chi connectivity index (χ3n) is 4.22. The van der Waals surface area contributed by atoms with Gasteiger partial charge in [0, 0.05) is 7.05 Å². The Morgan fingerprint density at radius 3 is 2.96 bits per heavy atom. The number of aryl methyl sites for hydroxylation is 2. The summed E-state index contributed by atoms with van der Waals surface area (Å²) in [4.78, 5) is 16.6. The molecule has 1 aliphatic rings. The molecular formula is C18H17N3O2. The lowest BCUT2D eigenvalue weighted by Gasteiger charge is -2.10. The highest BCUT2D eigenvalue weighted by atomic mass is 16.5. The van der Waals surface area contributed by atoms with E-state index in [0.717, 1.165) is 27.7 Å². The van der Waals surface area contributed by atoms with Gasteiger partial charge in [-0.2, -0.15) is 0 Å². The number of benzene rings is 2. The molecule has 1 aromatic heterocycles. The smallest absolute Gasteiger partial charge is 0.255 e. The van der Waals surface area contributed by atoms with Crippen LogP contribution in [0.4, 0.5) is 0 Å². The van der Waals surface area contributed by atoms with Crippen LogP contribution in [0.2, 0.25) is 0 Å². The van der Waals surface area contributed by atoms with E-state index in [1.807, 2.05) is 36.1 Å². The van der Waals surface area contributed by atoms with Crippen molar-refractivity contribution >= 4 is 16.9 Å². The minimum atomic E-state index is -0.0855. The second-order valence-corrected chi connectivity index (χ2v) is 5.83. The first-order valence-electron chi connectivity index (χ1n) is 7.60. The number of fused-ring (bicyclic) bond motifs is 2. The van der Waals surface area contributed by atoms with E-state index in [1.165, 1.54) is 0 Å². The van der Waals surface area contributed by atoms with Crippen molar-refractivity contribution in [1.82, 2.24) is 14.9 Å². The maximum atomic E-state index is 12.2. The molecule has 0 unspecified atom stereocenters. The Hall–Kier alpha value is -2.82. The van der Waals surface area contributed by atoms with E-state index >= 15 is 0 Å². The number of ether oxygens (including phenoxy) is 1. The first kappa shape index (κ1) is 13.8. The lowest BCUT2D eigenvalue weighted by molar-refractivity contribution is 0.0957. The summed E-state index contributed by atoms with van der Waals surface area (Å²) in [6, 6.07) is 9.97. The van der Waals surface area contributed by atoms with E-state index < -0.39 is 0 Å². The SMILES string of the molecule is Cc1cc(-c2ccc3c(c2)C(=O)NCCO3)cc2c1ncn2C. The van der Waals surface area contributed by atoms with Crippen LogP contribution in [-0.4, -0.2) is 28.6 Å². The lowest BCUT2D eigenvalue weighted by atomic mass is 9.99. The molecule has 116 valence electrons. The predicted molar refractivity (Wildman–Crippen MR) is 88.7 cm³/mol. The average molecular weight is 307 g/mol. The first-order valence-corrected chi connectivity index (χ1v) is 7.60. The Labute approximate surface area is 133 Å². The molecule has 0 bridgehead atoms. The topological polar surface area (TPSA) is 56.1 Å². The molecule has 0 fully saturated rings. The largest absolute Gasteiger partial charge is 0.491 e. The fraction of sp³-hybridized carbons (Fsp3) is 0.222. The van der Waals surface area contributed by atoms with Crippen LogP contribution in [0.1, 0.15) is 15.9 Å². The van der Waals surface area contributed by atoms with Crippen molar-refractivity contribution in [1.29, 1.82) is 0 Å². The van der Waals surface area contributed by atoms with Crippen molar-refractivity contribution in [2.75, 3.05) is 13.2 Å². The van der Waals surface area contributed by atoms with Gasteiger partial charge in [0.15, 0.2) is 0 Å². The zero-order valence-electron chi connectivity index (χ0n) is 13.1. The second-order valence-electron chi connectivity index (χ2n) is 5.83. The molecule has 0 aliphatic carbocycles. The summed E-state index contributed by atoms with van der Waals surface area (Å²) in [6.07, 6.45) is 1.82. The summed E-state index contributed by atoms with van der Waals surface area (Å²) >= 11 is 0. The molecule has 1 aliphatic heterocycles. The van der Waals surface area contributed by atoms with Gasteiger partial charge in [-0.25, -0.2) is 4.98 Å². The van der Waals surface area contributed by atoms with Crippen LogP contribution in [0.15, 0.2) is 36.7 Å². The van der Waals surface area contributed by atoms with Crippen LogP contribution < -0.4 is 10.1 Å². The molecule has 5 heteroatoms. The fourth-order valence-corrected chi connectivity index (χ4v) is 3.00. The molecule has 5 nitrogen and oxygen atoms in total. The van der Waals surface area contributed by atoms with E-state index in [9.17, 15) is 4.79 Å². The van der Waals surface area contributed by atoms with Crippen LogP contribution in [0.25, 0.3) is 22.2 Å². The highest BCUT2D eigenvalue weighted by molar-refractivity contribution is 5.99. The Kier molecular flexibility index (Phi) is 3.08. The average Bonchev–Trinajstić information content (AvgIpc) is 2.82. The molecule has 1 N–H and O–H groups in total. The van der Waals surface area contributed by atoms with Gasteiger partial charge in [-0.05, 0) is 47.9 Å². The van der Waals surface area contributed by atoms with Crippen LogP contribution in [-0.2, 0) is 7.05 Å². The maximum absolute atomic E-state index is 12.2. The summed E-state index contributed by atoms with van der Waals surface area (Å²) < 4.78 is 7.62. The summed E-state index contributed by atoms with van der Waals surface area (Å²) in [7, 11) is 1.98. The number of rotatable bonds is 1. The number of nitrogens with one attached hydrogen (secondary N) is 1. The van der Waals surface area contributed by atoms with Crippen molar-refractivity contribution in [3.8, 4) is 16.9 Å². The Morgan fingerprint density at radius 2 is 2.09 bits per heavy atom. The number of carbonyl (C=O) groups is 1. The number of aromatic nitrogens is 2. The number of carbonyl (C=O) groups excluding carboxylic acids is 1. The van der Waals surface area contributed by atoms with Crippen molar-refractivity contribution in [2.24, 2.45) is 7.05 Å². The normalized spacial score (nSPS) is 14.1. The zero-order valence-corrected chi connectivity index (χ0v) is 13.1. The Bertz CT molecular complexity index is 927. The molecule has 0 atom stereocenters. The van der Waals surface area contributed by atoms with Crippen LogP contribution in [0.5, 0.6) is 5.75 Å². The zero-order chi connectivity index (χ0) is 16.0. The molecule has 0 saturated carbocycles. The van der Waals surface area contributed by atoms with Gasteiger partial charge in [0.05, 0.1) is 29.5 Å². The molecule has 1 amide bonds. The predicted octanol–water partition coefficient (Wildman–Crippen LogP) is 2.67. The van der Waals surface area contributed by atoms with Gasteiger partial charge in [-0.1, -0.05) is 6.07 Å². The minimum absolute atomic E-state index is 0.0855. The molecule has 23 heavy (non-hydrogen) atoms. The van der Waals surface area contributed by atoms with Crippen molar-refractivity contribution in [3.63, 3.8) is 0 Å². The fourth-order valence-electron chi connectivity index (χ4n) is 3.00. The molecule has 2 aromatic carbocycles.